The van der Waals surface area contributed by atoms with Crippen LogP contribution in [-0.4, -0.2) is 18.5 Å². The molecule has 1 unspecified atom stereocenters. The van der Waals surface area contributed by atoms with Gasteiger partial charge in [-0.3, -0.25) is 4.79 Å². The predicted molar refractivity (Wildman–Crippen MR) is 75.7 cm³/mol. The Bertz CT molecular complexity index is 393. The van der Waals surface area contributed by atoms with Crippen LogP contribution in [-0.2, 0) is 0 Å². The van der Waals surface area contributed by atoms with Crippen molar-refractivity contribution < 1.29 is 4.79 Å². The monoisotopic (exact) mass is 248 g/mol. The molecule has 0 heterocycles. The zero-order chi connectivity index (χ0) is 13.7. The minimum Gasteiger partial charge on any atom is -0.348 e. The van der Waals surface area contributed by atoms with E-state index in [-0.39, 0.29) is 11.9 Å². The number of carbonyl (C=O) groups excluding carboxylic acids is 1. The quantitative estimate of drug-likeness (QED) is 0.840. The number of nitrogens with two attached hydrogens (primary N) is 1. The molecule has 18 heavy (non-hydrogen) atoms. The van der Waals surface area contributed by atoms with Crippen molar-refractivity contribution in [2.75, 3.05) is 6.54 Å². The van der Waals surface area contributed by atoms with E-state index in [1.54, 1.807) is 0 Å². The number of hydrogen-bond donors (Lipinski definition) is 2. The lowest BCUT2D eigenvalue weighted by Crippen LogP contribution is -2.41. The van der Waals surface area contributed by atoms with Gasteiger partial charge in [-0.2, -0.15) is 0 Å². The summed E-state index contributed by atoms with van der Waals surface area (Å²) < 4.78 is 0. The maximum absolute atomic E-state index is 12.1. The molecule has 3 nitrogen and oxygen atoms in total. The Morgan fingerprint density at radius 3 is 2.22 bits per heavy atom. The standard InChI is InChI=1S/C15H24N2O/c1-10(2)5-14(9-16)17-15(18)13-7-11(3)6-12(4)8-13/h6-8,10,14H,5,9,16H2,1-4H3,(H,17,18). The summed E-state index contributed by atoms with van der Waals surface area (Å²) in [5.41, 5.74) is 8.62. The van der Waals surface area contributed by atoms with Crippen LogP contribution >= 0.6 is 0 Å². The van der Waals surface area contributed by atoms with Crippen molar-refractivity contribution in [2.24, 2.45) is 11.7 Å². The van der Waals surface area contributed by atoms with Crippen LogP contribution in [0.25, 0.3) is 0 Å². The summed E-state index contributed by atoms with van der Waals surface area (Å²) in [6, 6.07) is 5.93. The van der Waals surface area contributed by atoms with Gasteiger partial charge in [0.05, 0.1) is 0 Å². The molecule has 0 aliphatic rings. The lowest BCUT2D eigenvalue weighted by Gasteiger charge is -2.19. The van der Waals surface area contributed by atoms with Crippen LogP contribution in [0.4, 0.5) is 0 Å². The normalized spacial score (nSPS) is 12.6. The van der Waals surface area contributed by atoms with E-state index < -0.39 is 0 Å². The Morgan fingerprint density at radius 2 is 1.78 bits per heavy atom. The highest BCUT2D eigenvalue weighted by Gasteiger charge is 2.14. The Labute approximate surface area is 110 Å². The first-order valence-electron chi connectivity index (χ1n) is 6.51. The van der Waals surface area contributed by atoms with E-state index in [9.17, 15) is 4.79 Å². The number of carbonyl (C=O) groups is 1. The molecular weight excluding hydrogens is 224 g/mol. The van der Waals surface area contributed by atoms with Crippen LogP contribution in [0.3, 0.4) is 0 Å². The average molecular weight is 248 g/mol. The molecule has 0 saturated heterocycles. The van der Waals surface area contributed by atoms with Crippen LogP contribution < -0.4 is 11.1 Å². The molecule has 0 aromatic heterocycles. The molecule has 0 saturated carbocycles. The van der Waals surface area contributed by atoms with E-state index in [0.717, 1.165) is 23.1 Å². The van der Waals surface area contributed by atoms with E-state index in [1.807, 2.05) is 26.0 Å². The fourth-order valence-electron chi connectivity index (χ4n) is 2.16. The number of nitrogens with one attached hydrogen (secondary N) is 1. The van der Waals surface area contributed by atoms with E-state index in [0.29, 0.717) is 12.5 Å². The van der Waals surface area contributed by atoms with Gasteiger partial charge >= 0.3 is 0 Å². The second-order valence-electron chi connectivity index (χ2n) is 5.41. The molecule has 1 rings (SSSR count). The van der Waals surface area contributed by atoms with Crippen molar-refractivity contribution >= 4 is 5.91 Å². The van der Waals surface area contributed by atoms with Gasteiger partial charge in [-0.05, 0) is 38.3 Å². The number of amides is 1. The third kappa shape index (κ3) is 4.49. The van der Waals surface area contributed by atoms with Crippen LogP contribution in [0.2, 0.25) is 0 Å². The van der Waals surface area contributed by atoms with E-state index in [1.165, 1.54) is 0 Å². The van der Waals surface area contributed by atoms with Gasteiger partial charge in [0.1, 0.15) is 0 Å². The summed E-state index contributed by atoms with van der Waals surface area (Å²) in [6.45, 7) is 8.74. The molecule has 3 heteroatoms. The van der Waals surface area contributed by atoms with Gasteiger partial charge in [-0.25, -0.2) is 0 Å². The summed E-state index contributed by atoms with van der Waals surface area (Å²) in [4.78, 5) is 12.1. The molecule has 1 aromatic rings. The summed E-state index contributed by atoms with van der Waals surface area (Å²) in [6.07, 6.45) is 0.910. The molecule has 0 bridgehead atoms. The third-order valence-electron chi connectivity index (χ3n) is 2.86. The van der Waals surface area contributed by atoms with E-state index in [2.05, 4.69) is 25.2 Å². The lowest BCUT2D eigenvalue weighted by atomic mass is 10.0. The molecule has 1 amide bonds. The average Bonchev–Trinajstić information content (AvgIpc) is 2.26. The van der Waals surface area contributed by atoms with E-state index in [4.69, 9.17) is 5.73 Å². The highest BCUT2D eigenvalue weighted by Crippen LogP contribution is 2.10. The largest absolute Gasteiger partial charge is 0.348 e. The fourth-order valence-corrected chi connectivity index (χ4v) is 2.16. The summed E-state index contributed by atoms with van der Waals surface area (Å²) in [5, 5.41) is 3.00. The SMILES string of the molecule is Cc1cc(C)cc(C(=O)NC(CN)CC(C)C)c1. The Balaban J connectivity index is 2.74. The highest BCUT2D eigenvalue weighted by atomic mass is 16.1. The lowest BCUT2D eigenvalue weighted by molar-refractivity contribution is 0.0933. The van der Waals surface area contributed by atoms with Gasteiger partial charge < -0.3 is 11.1 Å². The number of rotatable bonds is 5. The first kappa shape index (κ1) is 14.7. The molecule has 1 atom stereocenters. The summed E-state index contributed by atoms with van der Waals surface area (Å²) in [5.74, 6) is 0.496. The van der Waals surface area contributed by atoms with Crippen molar-refractivity contribution in [2.45, 2.75) is 40.2 Å². The maximum Gasteiger partial charge on any atom is 0.251 e. The number of benzene rings is 1. The van der Waals surface area contributed by atoms with Gasteiger partial charge in [0.15, 0.2) is 0 Å². The van der Waals surface area contributed by atoms with E-state index >= 15 is 0 Å². The molecule has 1 aromatic carbocycles. The van der Waals surface area contributed by atoms with Crippen LogP contribution in [0.1, 0.15) is 41.8 Å². The van der Waals surface area contributed by atoms with Crippen molar-refractivity contribution in [1.82, 2.24) is 5.32 Å². The topological polar surface area (TPSA) is 55.1 Å². The molecule has 0 radical (unpaired) electrons. The van der Waals surface area contributed by atoms with Crippen LogP contribution in [0.5, 0.6) is 0 Å². The Hall–Kier alpha value is -1.35. The number of aryl methyl sites for hydroxylation is 2. The first-order chi connectivity index (χ1) is 8.42. The molecule has 3 N–H and O–H groups in total. The fraction of sp³-hybridized carbons (Fsp3) is 0.533. The predicted octanol–water partition coefficient (Wildman–Crippen LogP) is 2.41. The van der Waals surface area contributed by atoms with Crippen molar-refractivity contribution in [1.29, 1.82) is 0 Å². The maximum atomic E-state index is 12.1. The minimum absolute atomic E-state index is 0.0297. The Kier molecular flexibility index (Phi) is 5.35. The second-order valence-corrected chi connectivity index (χ2v) is 5.41. The van der Waals surface area contributed by atoms with Gasteiger partial charge in [-0.15, -0.1) is 0 Å². The van der Waals surface area contributed by atoms with Crippen LogP contribution in [0, 0.1) is 19.8 Å². The smallest absolute Gasteiger partial charge is 0.251 e. The zero-order valence-corrected chi connectivity index (χ0v) is 11.8. The molecular formula is C15H24N2O. The highest BCUT2D eigenvalue weighted by molar-refractivity contribution is 5.94. The first-order valence-corrected chi connectivity index (χ1v) is 6.51. The van der Waals surface area contributed by atoms with Gasteiger partial charge in [0.2, 0.25) is 0 Å². The third-order valence-corrected chi connectivity index (χ3v) is 2.86. The summed E-state index contributed by atoms with van der Waals surface area (Å²) in [7, 11) is 0. The summed E-state index contributed by atoms with van der Waals surface area (Å²) >= 11 is 0. The molecule has 100 valence electrons. The molecule has 0 aliphatic carbocycles. The van der Waals surface area contributed by atoms with Crippen molar-refractivity contribution in [3.05, 3.63) is 34.9 Å². The molecule has 0 fully saturated rings. The van der Waals surface area contributed by atoms with Gasteiger partial charge in [0, 0.05) is 18.2 Å². The molecule has 0 aliphatic heterocycles. The number of hydrogen-bond acceptors (Lipinski definition) is 2. The van der Waals surface area contributed by atoms with Gasteiger partial charge in [-0.1, -0.05) is 31.0 Å². The van der Waals surface area contributed by atoms with Gasteiger partial charge in [0.25, 0.3) is 5.91 Å². The van der Waals surface area contributed by atoms with Crippen molar-refractivity contribution in [3.8, 4) is 0 Å². The van der Waals surface area contributed by atoms with Crippen LogP contribution in [0.15, 0.2) is 18.2 Å². The molecule has 0 spiro atoms. The Morgan fingerprint density at radius 1 is 1.22 bits per heavy atom. The second kappa shape index (κ2) is 6.55. The minimum atomic E-state index is -0.0297. The zero-order valence-electron chi connectivity index (χ0n) is 11.8. The van der Waals surface area contributed by atoms with Crippen molar-refractivity contribution in [3.63, 3.8) is 0 Å².